The largest absolute Gasteiger partial charge is 0.288 e. The molecule has 5 nitrogen and oxygen atoms in total. The van der Waals surface area contributed by atoms with Crippen LogP contribution in [0, 0.1) is 0 Å². The second-order valence-corrected chi connectivity index (χ2v) is 3.33. The SMILES string of the molecule is CCC=Nc1nnn(Cc2ccccc2)n1. The van der Waals surface area contributed by atoms with E-state index in [9.17, 15) is 0 Å². The number of nitrogens with zero attached hydrogens (tertiary/aromatic N) is 5. The van der Waals surface area contributed by atoms with E-state index in [2.05, 4.69) is 20.4 Å². The maximum atomic E-state index is 4.14. The molecule has 16 heavy (non-hydrogen) atoms. The lowest BCUT2D eigenvalue weighted by Crippen LogP contribution is -2.03. The van der Waals surface area contributed by atoms with Gasteiger partial charge in [-0.2, -0.15) is 4.80 Å². The van der Waals surface area contributed by atoms with E-state index in [4.69, 9.17) is 0 Å². The van der Waals surface area contributed by atoms with Crippen molar-refractivity contribution in [1.82, 2.24) is 20.2 Å². The van der Waals surface area contributed by atoms with Crippen LogP contribution in [0.3, 0.4) is 0 Å². The Balaban J connectivity index is 2.06. The Morgan fingerprint density at radius 3 is 2.88 bits per heavy atom. The molecule has 0 fully saturated rings. The van der Waals surface area contributed by atoms with Crippen molar-refractivity contribution in [2.75, 3.05) is 0 Å². The minimum absolute atomic E-state index is 0.415. The molecule has 5 heteroatoms. The Hall–Kier alpha value is -2.04. The van der Waals surface area contributed by atoms with Crippen molar-refractivity contribution in [2.24, 2.45) is 4.99 Å². The van der Waals surface area contributed by atoms with E-state index in [0.29, 0.717) is 12.5 Å². The van der Waals surface area contributed by atoms with Gasteiger partial charge in [0.2, 0.25) is 0 Å². The second-order valence-electron chi connectivity index (χ2n) is 3.33. The van der Waals surface area contributed by atoms with Crippen LogP contribution in [0.1, 0.15) is 18.9 Å². The number of benzene rings is 1. The zero-order chi connectivity index (χ0) is 11.2. The maximum absolute atomic E-state index is 4.14. The van der Waals surface area contributed by atoms with Crippen LogP contribution < -0.4 is 0 Å². The quantitative estimate of drug-likeness (QED) is 0.731. The molecule has 0 spiro atoms. The lowest BCUT2D eigenvalue weighted by molar-refractivity contribution is 0.572. The highest BCUT2D eigenvalue weighted by atomic mass is 15.6. The first-order valence-corrected chi connectivity index (χ1v) is 5.22. The van der Waals surface area contributed by atoms with Crippen LogP contribution in [0.25, 0.3) is 0 Å². The van der Waals surface area contributed by atoms with Crippen LogP contribution >= 0.6 is 0 Å². The fourth-order valence-electron chi connectivity index (χ4n) is 1.27. The molecule has 0 aliphatic carbocycles. The van der Waals surface area contributed by atoms with Gasteiger partial charge < -0.3 is 0 Å². The Kier molecular flexibility index (Phi) is 3.38. The van der Waals surface area contributed by atoms with E-state index in [0.717, 1.165) is 12.0 Å². The highest BCUT2D eigenvalue weighted by Crippen LogP contribution is 2.03. The monoisotopic (exact) mass is 215 g/mol. The van der Waals surface area contributed by atoms with Gasteiger partial charge in [-0.3, -0.25) is 0 Å². The van der Waals surface area contributed by atoms with Crippen LogP contribution in [0.5, 0.6) is 0 Å². The van der Waals surface area contributed by atoms with Crippen molar-refractivity contribution in [3.63, 3.8) is 0 Å². The summed E-state index contributed by atoms with van der Waals surface area (Å²) in [6, 6.07) is 10.0. The van der Waals surface area contributed by atoms with Gasteiger partial charge in [0.05, 0.1) is 6.54 Å². The molecule has 1 heterocycles. The first-order valence-electron chi connectivity index (χ1n) is 5.22. The summed E-state index contributed by atoms with van der Waals surface area (Å²) in [5, 5.41) is 11.9. The Labute approximate surface area is 93.8 Å². The van der Waals surface area contributed by atoms with Gasteiger partial charge in [0.1, 0.15) is 0 Å². The zero-order valence-corrected chi connectivity index (χ0v) is 9.11. The van der Waals surface area contributed by atoms with Crippen molar-refractivity contribution in [1.29, 1.82) is 0 Å². The summed E-state index contributed by atoms with van der Waals surface area (Å²) in [5.41, 5.74) is 1.14. The molecule has 0 N–H and O–H groups in total. The molecule has 0 aliphatic heterocycles. The standard InChI is InChI=1S/C11H13N5/c1-2-8-12-11-13-15-16(14-11)9-10-6-4-3-5-7-10/h3-8H,2,9H2,1H3. The van der Waals surface area contributed by atoms with Crippen molar-refractivity contribution in [3.05, 3.63) is 35.9 Å². The molecular weight excluding hydrogens is 202 g/mol. The molecule has 0 saturated carbocycles. The highest BCUT2D eigenvalue weighted by molar-refractivity contribution is 5.59. The molecular formula is C11H13N5. The van der Waals surface area contributed by atoms with Crippen LogP contribution in [0.15, 0.2) is 35.3 Å². The number of aromatic nitrogens is 4. The van der Waals surface area contributed by atoms with E-state index in [1.165, 1.54) is 4.80 Å². The molecule has 0 radical (unpaired) electrons. The third kappa shape index (κ3) is 2.73. The van der Waals surface area contributed by atoms with Gasteiger partial charge >= 0.3 is 0 Å². The van der Waals surface area contributed by atoms with E-state index in [1.807, 2.05) is 37.3 Å². The summed E-state index contributed by atoms with van der Waals surface area (Å²) in [5.74, 6) is 0.415. The third-order valence-corrected chi connectivity index (χ3v) is 2.00. The van der Waals surface area contributed by atoms with Gasteiger partial charge in [-0.05, 0) is 17.2 Å². The first kappa shape index (κ1) is 10.5. The summed E-state index contributed by atoms with van der Waals surface area (Å²) in [6.07, 6.45) is 2.64. The van der Waals surface area contributed by atoms with Gasteiger partial charge in [-0.15, -0.1) is 5.10 Å². The Bertz CT molecular complexity index is 460. The number of hydrogen-bond acceptors (Lipinski definition) is 4. The van der Waals surface area contributed by atoms with Crippen LogP contribution in [0.2, 0.25) is 0 Å². The number of rotatable bonds is 4. The molecule has 82 valence electrons. The van der Waals surface area contributed by atoms with E-state index >= 15 is 0 Å². The van der Waals surface area contributed by atoms with E-state index in [-0.39, 0.29) is 0 Å². The fourth-order valence-corrected chi connectivity index (χ4v) is 1.27. The molecule has 1 aromatic heterocycles. The molecule has 2 rings (SSSR count). The van der Waals surface area contributed by atoms with Crippen LogP contribution in [-0.4, -0.2) is 26.4 Å². The first-order chi connectivity index (χ1) is 7.88. The van der Waals surface area contributed by atoms with Gasteiger partial charge in [0.25, 0.3) is 5.95 Å². The molecule has 1 aromatic carbocycles. The molecule has 0 bridgehead atoms. The minimum Gasteiger partial charge on any atom is -0.221 e. The Morgan fingerprint density at radius 2 is 2.12 bits per heavy atom. The summed E-state index contributed by atoms with van der Waals surface area (Å²) in [6.45, 7) is 2.63. The summed E-state index contributed by atoms with van der Waals surface area (Å²) >= 11 is 0. The fraction of sp³-hybridized carbons (Fsp3) is 0.273. The van der Waals surface area contributed by atoms with Gasteiger partial charge in [-0.25, -0.2) is 4.99 Å². The topological polar surface area (TPSA) is 56.0 Å². The third-order valence-electron chi connectivity index (χ3n) is 2.00. The van der Waals surface area contributed by atoms with Gasteiger partial charge in [0.15, 0.2) is 0 Å². The summed E-state index contributed by atoms with van der Waals surface area (Å²) in [7, 11) is 0. The van der Waals surface area contributed by atoms with Crippen LogP contribution in [-0.2, 0) is 6.54 Å². The lowest BCUT2D eigenvalue weighted by atomic mass is 10.2. The maximum Gasteiger partial charge on any atom is 0.288 e. The average Bonchev–Trinajstić information content (AvgIpc) is 2.75. The van der Waals surface area contributed by atoms with Crippen molar-refractivity contribution < 1.29 is 0 Å². The normalized spacial score (nSPS) is 11.1. The smallest absolute Gasteiger partial charge is 0.221 e. The lowest BCUT2D eigenvalue weighted by Gasteiger charge is -1.97. The predicted octanol–water partition coefficient (Wildman–Crippen LogP) is 1.83. The predicted molar refractivity (Wildman–Crippen MR) is 61.8 cm³/mol. The summed E-state index contributed by atoms with van der Waals surface area (Å²) < 4.78 is 0. The van der Waals surface area contributed by atoms with E-state index in [1.54, 1.807) is 6.21 Å². The van der Waals surface area contributed by atoms with Gasteiger partial charge in [0, 0.05) is 6.21 Å². The van der Waals surface area contributed by atoms with Crippen molar-refractivity contribution in [2.45, 2.75) is 19.9 Å². The molecule has 0 saturated heterocycles. The van der Waals surface area contributed by atoms with Crippen LogP contribution in [0.4, 0.5) is 5.95 Å². The molecule has 0 unspecified atom stereocenters. The second kappa shape index (κ2) is 5.16. The highest BCUT2D eigenvalue weighted by Gasteiger charge is 2.00. The Morgan fingerprint density at radius 1 is 1.31 bits per heavy atom. The average molecular weight is 215 g/mol. The summed E-state index contributed by atoms with van der Waals surface area (Å²) in [4.78, 5) is 5.60. The number of aliphatic imine (C=N–C) groups is 1. The molecule has 0 amide bonds. The minimum atomic E-state index is 0.415. The van der Waals surface area contributed by atoms with Crippen molar-refractivity contribution in [3.8, 4) is 0 Å². The number of tetrazole rings is 1. The molecule has 0 atom stereocenters. The molecule has 2 aromatic rings. The number of hydrogen-bond donors (Lipinski definition) is 0. The van der Waals surface area contributed by atoms with Crippen molar-refractivity contribution >= 4 is 12.2 Å². The van der Waals surface area contributed by atoms with Gasteiger partial charge in [-0.1, -0.05) is 42.4 Å². The zero-order valence-electron chi connectivity index (χ0n) is 9.11. The molecule has 0 aliphatic rings. The van der Waals surface area contributed by atoms with E-state index < -0.39 is 0 Å².